The molecular weight excluding hydrogens is 641 g/mol. The van der Waals surface area contributed by atoms with Crippen LogP contribution in [0.1, 0.15) is 53.0 Å². The molecular formula is C30H26BCl3F3N3O4. The monoisotopic (exact) mass is 665 g/mol. The zero-order chi connectivity index (χ0) is 32.0. The standard InChI is InChI=1S/C30H26BCl3F3N3O4/c1-28(2,44-42)19-7-5-16(12-20(19)31)9-10-38-27(41)18-6-8-25(40-11-3-4-24(18)40)23-15-29(43-39-23,30(35,36)37)17-13-21(32)26(34)22(33)14-17/h3-8,11-14,42H,9-10,15,31H2,1-2H3,(H,38,41). The Balaban J connectivity index is 1.35. The van der Waals surface area contributed by atoms with Crippen LogP contribution < -0.4 is 10.8 Å². The predicted molar refractivity (Wildman–Crippen MR) is 166 cm³/mol. The molecule has 1 aliphatic heterocycles. The van der Waals surface area contributed by atoms with Gasteiger partial charge in [0.05, 0.1) is 38.3 Å². The molecule has 3 heterocycles. The minimum absolute atomic E-state index is 0.0197. The maximum Gasteiger partial charge on any atom is 0.435 e. The summed E-state index contributed by atoms with van der Waals surface area (Å²) in [5.41, 5.74) is -0.0996. The minimum Gasteiger partial charge on any atom is -0.374 e. The first-order valence-corrected chi connectivity index (χ1v) is 14.6. The van der Waals surface area contributed by atoms with Gasteiger partial charge < -0.3 is 14.6 Å². The van der Waals surface area contributed by atoms with Crippen LogP contribution in [0.5, 0.6) is 0 Å². The van der Waals surface area contributed by atoms with Crippen LogP contribution in [0.4, 0.5) is 13.2 Å². The lowest BCUT2D eigenvalue weighted by atomic mass is 9.82. The Bertz CT molecular complexity index is 1770. The van der Waals surface area contributed by atoms with Crippen molar-refractivity contribution in [3.63, 3.8) is 0 Å². The molecule has 0 radical (unpaired) electrons. The maximum absolute atomic E-state index is 14.5. The number of pyridine rings is 1. The van der Waals surface area contributed by atoms with Crippen molar-refractivity contribution in [3.05, 3.63) is 104 Å². The highest BCUT2D eigenvalue weighted by molar-refractivity contribution is 6.48. The Morgan fingerprint density at radius 3 is 2.48 bits per heavy atom. The van der Waals surface area contributed by atoms with Crippen LogP contribution in [0, 0.1) is 0 Å². The molecule has 2 aromatic carbocycles. The summed E-state index contributed by atoms with van der Waals surface area (Å²) >= 11 is 18.1. The topological polar surface area (TPSA) is 84.6 Å². The fraction of sp³-hybridized carbons (Fsp3) is 0.267. The lowest BCUT2D eigenvalue weighted by Crippen LogP contribution is -2.42. The zero-order valence-corrected chi connectivity index (χ0v) is 26.0. The third-order valence-corrected chi connectivity index (χ3v) is 8.93. The minimum atomic E-state index is -4.88. The van der Waals surface area contributed by atoms with E-state index in [9.17, 15) is 23.2 Å². The van der Waals surface area contributed by atoms with Crippen LogP contribution in [0.15, 0.2) is 65.9 Å². The number of fused-ring (bicyclic) bond motifs is 1. The Kier molecular flexibility index (Phi) is 8.74. The second-order valence-electron chi connectivity index (χ2n) is 11.0. The summed E-state index contributed by atoms with van der Waals surface area (Å²) in [5, 5.41) is 15.6. The Hall–Kier alpha value is -3.22. The van der Waals surface area contributed by atoms with Gasteiger partial charge in [0, 0.05) is 18.3 Å². The molecule has 2 N–H and O–H groups in total. The number of aromatic nitrogens is 1. The molecule has 0 bridgehead atoms. The summed E-state index contributed by atoms with van der Waals surface area (Å²) in [6.45, 7) is 3.86. The third-order valence-electron chi connectivity index (χ3n) is 7.74. The second kappa shape index (κ2) is 11.9. The van der Waals surface area contributed by atoms with E-state index in [1.165, 1.54) is 6.07 Å². The number of nitrogens with zero attached hydrogens (tertiary/aromatic N) is 2. The number of carbonyl (C=O) groups is 1. The average molecular weight is 667 g/mol. The van der Waals surface area contributed by atoms with Crippen LogP contribution in [0.25, 0.3) is 5.52 Å². The fourth-order valence-corrected chi connectivity index (χ4v) is 6.01. The largest absolute Gasteiger partial charge is 0.435 e. The quantitative estimate of drug-likeness (QED) is 0.0982. The number of oxime groups is 1. The maximum atomic E-state index is 14.5. The summed E-state index contributed by atoms with van der Waals surface area (Å²) in [5.74, 6) is -0.344. The summed E-state index contributed by atoms with van der Waals surface area (Å²) in [7, 11) is 1.92. The Morgan fingerprint density at radius 1 is 1.14 bits per heavy atom. The molecule has 4 aromatic rings. The van der Waals surface area contributed by atoms with Crippen molar-refractivity contribution in [1.82, 2.24) is 9.72 Å². The van der Waals surface area contributed by atoms with Gasteiger partial charge in [0.1, 0.15) is 19.2 Å². The van der Waals surface area contributed by atoms with E-state index in [4.69, 9.17) is 39.6 Å². The number of nitrogens with one attached hydrogen (secondary N) is 1. The van der Waals surface area contributed by atoms with E-state index in [2.05, 4.69) is 15.4 Å². The first-order chi connectivity index (χ1) is 20.7. The van der Waals surface area contributed by atoms with Crippen molar-refractivity contribution in [2.45, 2.75) is 44.1 Å². The molecule has 14 heteroatoms. The number of alkyl halides is 3. The summed E-state index contributed by atoms with van der Waals surface area (Å²) in [4.78, 5) is 22.9. The molecule has 1 aliphatic rings. The van der Waals surface area contributed by atoms with Crippen LogP contribution in [-0.2, 0) is 27.3 Å². The van der Waals surface area contributed by atoms with Gasteiger partial charge in [0.2, 0.25) is 0 Å². The molecule has 1 unspecified atom stereocenters. The van der Waals surface area contributed by atoms with E-state index in [1.807, 2.05) is 26.0 Å². The van der Waals surface area contributed by atoms with E-state index in [-0.39, 0.29) is 32.3 Å². The highest BCUT2D eigenvalue weighted by Gasteiger charge is 2.62. The molecule has 0 fully saturated rings. The van der Waals surface area contributed by atoms with Crippen molar-refractivity contribution in [2.75, 3.05) is 6.54 Å². The lowest BCUT2D eigenvalue weighted by Gasteiger charge is -2.30. The van der Waals surface area contributed by atoms with Gasteiger partial charge >= 0.3 is 6.18 Å². The normalized spacial score (nSPS) is 17.1. The average Bonchev–Trinajstić information content (AvgIpc) is 3.64. The summed E-state index contributed by atoms with van der Waals surface area (Å²) < 4.78 is 45.2. The molecule has 0 spiro atoms. The van der Waals surface area contributed by atoms with Crippen LogP contribution in [-0.4, -0.2) is 41.8 Å². The van der Waals surface area contributed by atoms with Crippen LogP contribution in [0.2, 0.25) is 15.1 Å². The molecule has 1 atom stereocenters. The SMILES string of the molecule is Bc1cc(CCNC(=O)c2ccc(C3=NOC(c4cc(Cl)c(Cl)c(Cl)c4)(C(F)(F)F)C3)n3cccc23)ccc1C(C)(C)OO. The highest BCUT2D eigenvalue weighted by atomic mass is 35.5. The van der Waals surface area contributed by atoms with Crippen molar-refractivity contribution in [1.29, 1.82) is 0 Å². The van der Waals surface area contributed by atoms with E-state index in [0.29, 0.717) is 29.7 Å². The summed E-state index contributed by atoms with van der Waals surface area (Å²) in [6.07, 6.45) is -3.36. The zero-order valence-electron chi connectivity index (χ0n) is 23.7. The van der Waals surface area contributed by atoms with Crippen molar-refractivity contribution in [3.8, 4) is 0 Å². The van der Waals surface area contributed by atoms with E-state index >= 15 is 0 Å². The van der Waals surface area contributed by atoms with Gasteiger partial charge in [-0.05, 0) is 67.8 Å². The molecule has 7 nitrogen and oxygen atoms in total. The number of rotatable bonds is 8. The van der Waals surface area contributed by atoms with Crippen LogP contribution >= 0.6 is 34.8 Å². The number of halogens is 6. The van der Waals surface area contributed by atoms with Gasteiger partial charge in [-0.25, -0.2) is 4.89 Å². The van der Waals surface area contributed by atoms with Crippen molar-refractivity contribution < 1.29 is 32.9 Å². The van der Waals surface area contributed by atoms with Crippen molar-refractivity contribution in [2.24, 2.45) is 5.16 Å². The molecule has 0 saturated heterocycles. The van der Waals surface area contributed by atoms with Crippen molar-refractivity contribution >= 4 is 65.2 Å². The van der Waals surface area contributed by atoms with Gasteiger partial charge in [0.15, 0.2) is 0 Å². The van der Waals surface area contributed by atoms with Crippen LogP contribution in [0.3, 0.4) is 0 Å². The van der Waals surface area contributed by atoms with Gasteiger partial charge in [-0.3, -0.25) is 10.1 Å². The lowest BCUT2D eigenvalue weighted by molar-refractivity contribution is -0.317. The third kappa shape index (κ3) is 5.79. The summed E-state index contributed by atoms with van der Waals surface area (Å²) in [6, 6.07) is 14.4. The molecule has 2 aromatic heterocycles. The van der Waals surface area contributed by atoms with E-state index in [1.54, 1.807) is 42.6 Å². The molecule has 5 rings (SSSR count). The smallest absolute Gasteiger partial charge is 0.374 e. The number of amides is 1. The molecule has 1 amide bonds. The predicted octanol–water partition coefficient (Wildman–Crippen LogP) is 6.44. The molecule has 44 heavy (non-hydrogen) atoms. The Labute approximate surface area is 266 Å². The highest BCUT2D eigenvalue weighted by Crippen LogP contribution is 2.50. The van der Waals surface area contributed by atoms with Gasteiger partial charge in [-0.15, -0.1) is 0 Å². The fourth-order valence-electron chi connectivity index (χ4n) is 5.42. The van der Waals surface area contributed by atoms with Gasteiger partial charge in [-0.1, -0.05) is 63.6 Å². The number of carbonyl (C=O) groups excluding carboxylic acids is 1. The first kappa shape index (κ1) is 32.2. The van der Waals surface area contributed by atoms with E-state index < -0.39 is 23.8 Å². The first-order valence-electron chi connectivity index (χ1n) is 13.5. The Morgan fingerprint density at radius 2 is 1.84 bits per heavy atom. The van der Waals surface area contributed by atoms with Gasteiger partial charge in [0.25, 0.3) is 11.5 Å². The van der Waals surface area contributed by atoms with Gasteiger partial charge in [-0.2, -0.15) is 13.2 Å². The number of hydrogen-bond donors (Lipinski definition) is 2. The second-order valence-corrected chi connectivity index (χ2v) is 12.2. The number of hydrogen-bond acceptors (Lipinski definition) is 5. The van der Waals surface area contributed by atoms with E-state index in [0.717, 1.165) is 28.7 Å². The molecule has 230 valence electrons. The number of benzene rings is 2. The molecule has 0 saturated carbocycles. The molecule has 0 aliphatic carbocycles.